The third-order valence-electron chi connectivity index (χ3n) is 5.97. The first-order valence-corrected chi connectivity index (χ1v) is 10.4. The highest BCUT2D eigenvalue weighted by atomic mass is 35.5. The van der Waals surface area contributed by atoms with E-state index in [0.29, 0.717) is 35.1 Å². The van der Waals surface area contributed by atoms with E-state index < -0.39 is 0 Å². The molecule has 0 saturated carbocycles. The molecule has 1 N–H and O–H groups in total. The number of nitriles is 2. The number of hydrogen-bond acceptors (Lipinski definition) is 5. The summed E-state index contributed by atoms with van der Waals surface area (Å²) in [7, 11) is 0. The fourth-order valence-electron chi connectivity index (χ4n) is 4.36. The van der Waals surface area contributed by atoms with Gasteiger partial charge in [-0.3, -0.25) is 4.79 Å². The van der Waals surface area contributed by atoms with Crippen molar-refractivity contribution in [3.8, 4) is 17.9 Å². The molecule has 1 amide bonds. The number of rotatable bonds is 6. The molecule has 2 aromatic rings. The normalized spacial score (nSPS) is 19.0. The Kier molecular flexibility index (Phi) is 7.52. The SMILES string of the molecule is Cl.N#Cc1ccc(C(=O)NCCCCN2C[C@@H]3COc4ccc(C#N)cc4[C@H]3C2)cc1. The van der Waals surface area contributed by atoms with Gasteiger partial charge in [-0.1, -0.05) is 0 Å². The summed E-state index contributed by atoms with van der Waals surface area (Å²) >= 11 is 0. The van der Waals surface area contributed by atoms with Crippen LogP contribution in [0, 0.1) is 28.6 Å². The van der Waals surface area contributed by atoms with E-state index >= 15 is 0 Å². The highest BCUT2D eigenvalue weighted by molar-refractivity contribution is 5.94. The lowest BCUT2D eigenvalue weighted by Crippen LogP contribution is -2.27. The van der Waals surface area contributed by atoms with E-state index in [9.17, 15) is 10.1 Å². The summed E-state index contributed by atoms with van der Waals surface area (Å²) in [4.78, 5) is 14.6. The van der Waals surface area contributed by atoms with Gasteiger partial charge in [-0.15, -0.1) is 12.4 Å². The second-order valence-corrected chi connectivity index (χ2v) is 7.95. The number of benzene rings is 2. The van der Waals surface area contributed by atoms with Gasteiger partial charge in [-0.05, 0) is 61.9 Å². The van der Waals surface area contributed by atoms with Crippen LogP contribution in [0.25, 0.3) is 0 Å². The van der Waals surface area contributed by atoms with E-state index in [1.54, 1.807) is 24.3 Å². The summed E-state index contributed by atoms with van der Waals surface area (Å²) in [5.41, 5.74) is 2.99. The Bertz CT molecular complexity index is 1010. The predicted octanol–water partition coefficient (Wildman–Crippen LogP) is 3.47. The molecule has 0 aromatic heterocycles. The molecule has 1 saturated heterocycles. The second-order valence-electron chi connectivity index (χ2n) is 7.95. The molecule has 1 fully saturated rings. The number of ether oxygens (including phenoxy) is 1. The van der Waals surface area contributed by atoms with Crippen LogP contribution < -0.4 is 10.1 Å². The van der Waals surface area contributed by atoms with Crippen molar-refractivity contribution in [1.82, 2.24) is 10.2 Å². The van der Waals surface area contributed by atoms with Crippen molar-refractivity contribution in [3.05, 3.63) is 64.7 Å². The first-order chi connectivity index (χ1) is 14.7. The van der Waals surface area contributed by atoms with Crippen LogP contribution in [0.2, 0.25) is 0 Å². The Morgan fingerprint density at radius 1 is 1.06 bits per heavy atom. The number of carbonyl (C=O) groups is 1. The zero-order valence-electron chi connectivity index (χ0n) is 17.2. The molecule has 0 spiro atoms. The number of carbonyl (C=O) groups excluding carboxylic acids is 1. The van der Waals surface area contributed by atoms with E-state index in [4.69, 9.17) is 10.00 Å². The van der Waals surface area contributed by atoms with Crippen molar-refractivity contribution >= 4 is 18.3 Å². The lowest BCUT2D eigenvalue weighted by molar-refractivity contribution is 0.0952. The van der Waals surface area contributed by atoms with Crippen molar-refractivity contribution in [3.63, 3.8) is 0 Å². The summed E-state index contributed by atoms with van der Waals surface area (Å²) in [5, 5.41) is 21.0. The number of amides is 1. The zero-order chi connectivity index (χ0) is 20.9. The van der Waals surface area contributed by atoms with Gasteiger partial charge in [0, 0.05) is 42.6 Å². The van der Waals surface area contributed by atoms with E-state index in [1.807, 2.05) is 18.2 Å². The standard InChI is InChI=1S/C24H24N4O2.ClH/c25-12-17-3-6-19(7-4-17)24(29)27-9-1-2-10-28-14-20-16-30-23-8-5-18(13-26)11-21(23)22(20)15-28;/h3-8,11,20,22H,1-2,9-10,14-16H2,(H,27,29);1H/t20-,22+;/m1./s1. The molecule has 4 rings (SSSR count). The number of unbranched alkanes of at least 4 members (excludes halogenated alkanes) is 1. The van der Waals surface area contributed by atoms with Gasteiger partial charge in [0.15, 0.2) is 0 Å². The van der Waals surface area contributed by atoms with E-state index in [0.717, 1.165) is 44.8 Å². The largest absolute Gasteiger partial charge is 0.493 e. The maximum absolute atomic E-state index is 12.2. The van der Waals surface area contributed by atoms with Crippen LogP contribution in [0.1, 0.15) is 45.8 Å². The van der Waals surface area contributed by atoms with Gasteiger partial charge in [0.05, 0.1) is 29.9 Å². The lowest BCUT2D eigenvalue weighted by Gasteiger charge is -2.27. The Morgan fingerprint density at radius 3 is 2.55 bits per heavy atom. The monoisotopic (exact) mass is 436 g/mol. The minimum absolute atomic E-state index is 0. The third kappa shape index (κ3) is 5.17. The summed E-state index contributed by atoms with van der Waals surface area (Å²) < 4.78 is 5.91. The van der Waals surface area contributed by atoms with Gasteiger partial charge in [-0.2, -0.15) is 10.5 Å². The highest BCUT2D eigenvalue weighted by Crippen LogP contribution is 2.41. The Morgan fingerprint density at radius 2 is 1.81 bits per heavy atom. The van der Waals surface area contributed by atoms with Crippen molar-refractivity contribution in [1.29, 1.82) is 10.5 Å². The molecule has 0 aliphatic carbocycles. The van der Waals surface area contributed by atoms with E-state index in [2.05, 4.69) is 22.4 Å². The van der Waals surface area contributed by atoms with Crippen molar-refractivity contribution in [2.24, 2.45) is 5.92 Å². The number of halogens is 1. The summed E-state index contributed by atoms with van der Waals surface area (Å²) in [6.07, 6.45) is 1.93. The molecule has 2 aromatic carbocycles. The number of hydrogen-bond donors (Lipinski definition) is 1. The average Bonchev–Trinajstić information content (AvgIpc) is 3.22. The summed E-state index contributed by atoms with van der Waals surface area (Å²) in [6, 6.07) is 16.7. The van der Waals surface area contributed by atoms with Gasteiger partial charge in [-0.25, -0.2) is 0 Å². The number of likely N-dealkylation sites (tertiary alicyclic amines) is 1. The van der Waals surface area contributed by atoms with Gasteiger partial charge >= 0.3 is 0 Å². The lowest BCUT2D eigenvalue weighted by atomic mass is 9.86. The average molecular weight is 437 g/mol. The molecule has 2 heterocycles. The molecule has 2 aliphatic heterocycles. The van der Waals surface area contributed by atoms with Gasteiger partial charge in [0.25, 0.3) is 5.91 Å². The van der Waals surface area contributed by atoms with Gasteiger partial charge in [0.1, 0.15) is 5.75 Å². The maximum atomic E-state index is 12.2. The van der Waals surface area contributed by atoms with Crippen molar-refractivity contribution in [2.45, 2.75) is 18.8 Å². The number of nitrogens with zero attached hydrogens (tertiary/aromatic N) is 3. The molecule has 6 nitrogen and oxygen atoms in total. The van der Waals surface area contributed by atoms with Crippen LogP contribution in [0.5, 0.6) is 5.75 Å². The number of nitrogens with one attached hydrogen (secondary N) is 1. The van der Waals surface area contributed by atoms with Crippen LogP contribution in [-0.4, -0.2) is 43.6 Å². The minimum atomic E-state index is -0.103. The zero-order valence-corrected chi connectivity index (χ0v) is 18.0. The van der Waals surface area contributed by atoms with Crippen LogP contribution in [0.4, 0.5) is 0 Å². The predicted molar refractivity (Wildman–Crippen MR) is 119 cm³/mol. The molecular weight excluding hydrogens is 412 g/mol. The van der Waals surface area contributed by atoms with Crippen LogP contribution in [-0.2, 0) is 0 Å². The Hall–Kier alpha value is -3.06. The Balaban J connectivity index is 0.00000272. The van der Waals surface area contributed by atoms with Crippen molar-refractivity contribution < 1.29 is 9.53 Å². The minimum Gasteiger partial charge on any atom is -0.493 e. The Labute approximate surface area is 188 Å². The van der Waals surface area contributed by atoms with Crippen LogP contribution in [0.3, 0.4) is 0 Å². The topological polar surface area (TPSA) is 89.2 Å². The second kappa shape index (κ2) is 10.3. The van der Waals surface area contributed by atoms with E-state index in [-0.39, 0.29) is 18.3 Å². The molecule has 7 heteroatoms. The van der Waals surface area contributed by atoms with Crippen molar-refractivity contribution in [2.75, 3.05) is 32.8 Å². The molecule has 0 bridgehead atoms. The molecule has 0 unspecified atom stereocenters. The molecule has 0 radical (unpaired) electrons. The van der Waals surface area contributed by atoms with Crippen LogP contribution in [0.15, 0.2) is 42.5 Å². The first-order valence-electron chi connectivity index (χ1n) is 10.4. The molecule has 2 atom stereocenters. The maximum Gasteiger partial charge on any atom is 0.251 e. The number of fused-ring (bicyclic) bond motifs is 3. The third-order valence-corrected chi connectivity index (χ3v) is 5.97. The van der Waals surface area contributed by atoms with Crippen LogP contribution >= 0.6 is 12.4 Å². The quantitative estimate of drug-likeness (QED) is 0.700. The highest BCUT2D eigenvalue weighted by Gasteiger charge is 2.38. The fraction of sp³-hybridized carbons (Fsp3) is 0.375. The summed E-state index contributed by atoms with van der Waals surface area (Å²) in [6.45, 7) is 4.37. The van der Waals surface area contributed by atoms with Gasteiger partial charge < -0.3 is 15.0 Å². The molecule has 31 heavy (non-hydrogen) atoms. The summed E-state index contributed by atoms with van der Waals surface area (Å²) in [5.74, 6) is 1.72. The first kappa shape index (κ1) is 22.6. The molecular formula is C24H25ClN4O2. The fourth-order valence-corrected chi connectivity index (χ4v) is 4.36. The molecule has 2 aliphatic rings. The van der Waals surface area contributed by atoms with Gasteiger partial charge in [0.2, 0.25) is 0 Å². The van der Waals surface area contributed by atoms with E-state index in [1.165, 1.54) is 5.56 Å². The molecule has 160 valence electrons. The smallest absolute Gasteiger partial charge is 0.251 e.